The van der Waals surface area contributed by atoms with Crippen molar-refractivity contribution in [1.82, 2.24) is 9.97 Å². The molecule has 1 atom stereocenters. The van der Waals surface area contributed by atoms with Crippen molar-refractivity contribution in [3.8, 4) is 0 Å². The molecule has 0 bridgehead atoms. The van der Waals surface area contributed by atoms with Crippen molar-refractivity contribution < 1.29 is 0 Å². The van der Waals surface area contributed by atoms with E-state index in [0.717, 1.165) is 40.6 Å². The van der Waals surface area contributed by atoms with Gasteiger partial charge in [0.05, 0.1) is 0 Å². The first-order valence-electron chi connectivity index (χ1n) is 8.72. The van der Waals surface area contributed by atoms with Crippen molar-refractivity contribution in [3.63, 3.8) is 0 Å². The van der Waals surface area contributed by atoms with Crippen LogP contribution in [-0.4, -0.2) is 22.6 Å². The molecule has 0 spiro atoms. The Morgan fingerprint density at radius 3 is 2.79 bits per heavy atom. The Hall–Kier alpha value is -1.62. The van der Waals surface area contributed by atoms with Crippen LogP contribution >= 0.6 is 15.9 Å². The zero-order valence-electron chi connectivity index (χ0n) is 14.6. The Labute approximate surface area is 152 Å². The lowest BCUT2D eigenvalue weighted by Crippen LogP contribution is -2.40. The SMILES string of the molecule is CCC1CCCCN1c1nc(C)cc(Nc2ccc(Br)cc2C)n1. The van der Waals surface area contributed by atoms with Gasteiger partial charge in [0.15, 0.2) is 0 Å². The van der Waals surface area contributed by atoms with E-state index >= 15 is 0 Å². The standard InChI is InChI=1S/C19H25BrN4/c1-4-16-7-5-6-10-24(16)19-21-14(3)12-18(23-19)22-17-9-8-15(20)11-13(17)2/h8-9,11-12,16H,4-7,10H2,1-3H3,(H,21,22,23). The molecule has 1 aromatic carbocycles. The Balaban J connectivity index is 1.88. The Morgan fingerprint density at radius 2 is 2.04 bits per heavy atom. The summed E-state index contributed by atoms with van der Waals surface area (Å²) in [5.74, 6) is 1.72. The minimum absolute atomic E-state index is 0.558. The lowest BCUT2D eigenvalue weighted by atomic mass is 10.0. The van der Waals surface area contributed by atoms with Gasteiger partial charge >= 0.3 is 0 Å². The first kappa shape index (κ1) is 17.2. The summed E-state index contributed by atoms with van der Waals surface area (Å²) in [6, 6.07) is 8.79. The maximum absolute atomic E-state index is 4.81. The number of benzene rings is 1. The summed E-state index contributed by atoms with van der Waals surface area (Å²) in [5, 5.41) is 3.45. The van der Waals surface area contributed by atoms with E-state index in [0.29, 0.717) is 6.04 Å². The lowest BCUT2D eigenvalue weighted by Gasteiger charge is -2.35. The van der Waals surface area contributed by atoms with Crippen LogP contribution in [0.25, 0.3) is 0 Å². The normalized spacial score (nSPS) is 17.8. The smallest absolute Gasteiger partial charge is 0.227 e. The molecule has 3 rings (SSSR count). The molecular formula is C19H25BrN4. The highest BCUT2D eigenvalue weighted by Gasteiger charge is 2.23. The van der Waals surface area contributed by atoms with Crippen LogP contribution < -0.4 is 10.2 Å². The number of nitrogens with zero attached hydrogens (tertiary/aromatic N) is 3. The van der Waals surface area contributed by atoms with Gasteiger partial charge in [0.2, 0.25) is 5.95 Å². The Bertz CT molecular complexity index is 717. The average Bonchev–Trinajstić information content (AvgIpc) is 2.57. The summed E-state index contributed by atoms with van der Waals surface area (Å²) >= 11 is 3.51. The Kier molecular flexibility index (Phi) is 5.39. The van der Waals surface area contributed by atoms with Gasteiger partial charge in [-0.2, -0.15) is 4.98 Å². The third-order valence-electron chi connectivity index (χ3n) is 4.65. The van der Waals surface area contributed by atoms with E-state index in [2.05, 4.69) is 52.1 Å². The van der Waals surface area contributed by atoms with Crippen LogP contribution in [0.1, 0.15) is 43.9 Å². The van der Waals surface area contributed by atoms with Gasteiger partial charge in [0.25, 0.3) is 0 Å². The molecule has 2 heterocycles. The predicted octanol–water partition coefficient (Wildman–Crippen LogP) is 5.37. The third kappa shape index (κ3) is 3.89. The number of aromatic nitrogens is 2. The number of aryl methyl sites for hydroxylation is 2. The quantitative estimate of drug-likeness (QED) is 0.764. The second-order valence-corrected chi connectivity index (χ2v) is 7.45. The summed E-state index contributed by atoms with van der Waals surface area (Å²) in [6.45, 7) is 7.44. The number of anilines is 3. The van der Waals surface area contributed by atoms with E-state index in [1.54, 1.807) is 0 Å². The fourth-order valence-electron chi connectivity index (χ4n) is 3.34. The number of rotatable bonds is 4. The molecule has 5 heteroatoms. The predicted molar refractivity (Wildman–Crippen MR) is 104 cm³/mol. The van der Waals surface area contributed by atoms with Gasteiger partial charge in [-0.25, -0.2) is 4.98 Å². The van der Waals surface area contributed by atoms with Crippen molar-refractivity contribution in [2.75, 3.05) is 16.8 Å². The van der Waals surface area contributed by atoms with Crippen molar-refractivity contribution in [1.29, 1.82) is 0 Å². The molecule has 128 valence electrons. The van der Waals surface area contributed by atoms with Crippen LogP contribution in [-0.2, 0) is 0 Å². The van der Waals surface area contributed by atoms with Gasteiger partial charge in [-0.15, -0.1) is 0 Å². The van der Waals surface area contributed by atoms with Gasteiger partial charge in [0, 0.05) is 34.5 Å². The van der Waals surface area contributed by atoms with E-state index < -0.39 is 0 Å². The summed E-state index contributed by atoms with van der Waals surface area (Å²) in [4.78, 5) is 11.9. The maximum Gasteiger partial charge on any atom is 0.227 e. The molecule has 24 heavy (non-hydrogen) atoms. The van der Waals surface area contributed by atoms with Crippen LogP contribution in [0.2, 0.25) is 0 Å². The molecule has 1 aromatic heterocycles. The summed E-state index contributed by atoms with van der Waals surface area (Å²) in [5.41, 5.74) is 3.26. The van der Waals surface area contributed by atoms with E-state index in [9.17, 15) is 0 Å². The van der Waals surface area contributed by atoms with Gasteiger partial charge in [-0.1, -0.05) is 22.9 Å². The van der Waals surface area contributed by atoms with Crippen LogP contribution in [0.5, 0.6) is 0 Å². The maximum atomic E-state index is 4.81. The lowest BCUT2D eigenvalue weighted by molar-refractivity contribution is 0.443. The first-order chi connectivity index (χ1) is 11.6. The zero-order chi connectivity index (χ0) is 17.1. The largest absolute Gasteiger partial charge is 0.340 e. The number of halogens is 1. The van der Waals surface area contributed by atoms with E-state index in [1.807, 2.05) is 19.1 Å². The van der Waals surface area contributed by atoms with Gasteiger partial charge < -0.3 is 10.2 Å². The summed E-state index contributed by atoms with van der Waals surface area (Å²) in [7, 11) is 0. The van der Waals surface area contributed by atoms with Gasteiger partial charge in [0.1, 0.15) is 5.82 Å². The van der Waals surface area contributed by atoms with Crippen molar-refractivity contribution in [2.24, 2.45) is 0 Å². The minimum Gasteiger partial charge on any atom is -0.340 e. The number of piperidine rings is 1. The van der Waals surface area contributed by atoms with E-state index in [-0.39, 0.29) is 0 Å². The zero-order valence-corrected chi connectivity index (χ0v) is 16.2. The summed E-state index contributed by atoms with van der Waals surface area (Å²) < 4.78 is 1.09. The molecule has 0 radical (unpaired) electrons. The molecule has 2 aromatic rings. The molecule has 1 N–H and O–H groups in total. The monoisotopic (exact) mass is 388 g/mol. The second-order valence-electron chi connectivity index (χ2n) is 6.53. The van der Waals surface area contributed by atoms with Crippen LogP contribution in [0.4, 0.5) is 17.5 Å². The molecule has 1 saturated heterocycles. The van der Waals surface area contributed by atoms with Crippen LogP contribution in [0.3, 0.4) is 0 Å². The van der Waals surface area contributed by atoms with E-state index in [1.165, 1.54) is 24.8 Å². The van der Waals surface area contributed by atoms with Gasteiger partial charge in [-0.3, -0.25) is 0 Å². The highest BCUT2D eigenvalue weighted by atomic mass is 79.9. The fourth-order valence-corrected chi connectivity index (χ4v) is 3.81. The topological polar surface area (TPSA) is 41.1 Å². The highest BCUT2D eigenvalue weighted by Crippen LogP contribution is 2.27. The van der Waals surface area contributed by atoms with Crippen molar-refractivity contribution >= 4 is 33.4 Å². The molecule has 0 saturated carbocycles. The van der Waals surface area contributed by atoms with Crippen molar-refractivity contribution in [3.05, 3.63) is 40.0 Å². The van der Waals surface area contributed by atoms with Crippen molar-refractivity contribution in [2.45, 2.75) is 52.5 Å². The average molecular weight is 389 g/mol. The van der Waals surface area contributed by atoms with Crippen LogP contribution in [0.15, 0.2) is 28.7 Å². The van der Waals surface area contributed by atoms with Crippen LogP contribution in [0, 0.1) is 13.8 Å². The molecule has 1 aliphatic heterocycles. The Morgan fingerprint density at radius 1 is 1.21 bits per heavy atom. The second kappa shape index (κ2) is 7.51. The number of nitrogens with one attached hydrogen (secondary N) is 1. The number of hydrogen-bond acceptors (Lipinski definition) is 4. The number of hydrogen-bond donors (Lipinski definition) is 1. The third-order valence-corrected chi connectivity index (χ3v) is 5.14. The molecule has 0 aliphatic carbocycles. The minimum atomic E-state index is 0.558. The molecule has 1 aliphatic rings. The molecule has 4 nitrogen and oxygen atoms in total. The molecule has 0 amide bonds. The molecule has 1 fully saturated rings. The highest BCUT2D eigenvalue weighted by molar-refractivity contribution is 9.10. The van der Waals surface area contributed by atoms with Gasteiger partial charge in [-0.05, 0) is 63.3 Å². The van der Waals surface area contributed by atoms with E-state index in [4.69, 9.17) is 9.97 Å². The molecule has 1 unspecified atom stereocenters. The fraction of sp³-hybridized carbons (Fsp3) is 0.474. The first-order valence-corrected chi connectivity index (χ1v) is 9.51. The summed E-state index contributed by atoms with van der Waals surface area (Å²) in [6.07, 6.45) is 4.92. The molecular weight excluding hydrogens is 364 g/mol.